The van der Waals surface area contributed by atoms with Crippen LogP contribution >= 0.6 is 0 Å². The van der Waals surface area contributed by atoms with Crippen LogP contribution in [0.15, 0.2) is 47.6 Å². The summed E-state index contributed by atoms with van der Waals surface area (Å²) >= 11 is 0. The van der Waals surface area contributed by atoms with Gasteiger partial charge in [-0.2, -0.15) is 5.10 Å². The van der Waals surface area contributed by atoms with Crippen LogP contribution in [0.25, 0.3) is 10.8 Å². The molecule has 0 aromatic heterocycles. The molecule has 0 unspecified atom stereocenters. The van der Waals surface area contributed by atoms with Crippen LogP contribution in [0.2, 0.25) is 0 Å². The molecule has 0 aliphatic rings. The number of nitrogens with one attached hydrogen (secondary N) is 2. The summed E-state index contributed by atoms with van der Waals surface area (Å²) in [6, 6.07) is 13.7. The average molecular weight is 297 g/mol. The molecule has 0 heterocycles. The molecule has 0 fully saturated rings. The van der Waals surface area contributed by atoms with Gasteiger partial charge in [0, 0.05) is 11.1 Å². The lowest BCUT2D eigenvalue weighted by Crippen LogP contribution is -2.47. The molecule has 2 rings (SSSR count). The van der Waals surface area contributed by atoms with Gasteiger partial charge in [-0.3, -0.25) is 9.59 Å². The second kappa shape index (κ2) is 6.39. The van der Waals surface area contributed by atoms with Crippen LogP contribution in [0.5, 0.6) is 0 Å². The summed E-state index contributed by atoms with van der Waals surface area (Å²) in [5.74, 6) is -1.49. The summed E-state index contributed by atoms with van der Waals surface area (Å²) in [6.45, 7) is 5.41. The number of carbonyl (C=O) groups excluding carboxylic acids is 2. The molecule has 0 bridgehead atoms. The van der Waals surface area contributed by atoms with Crippen molar-refractivity contribution in [3.63, 3.8) is 0 Å². The number of rotatable bonds is 2. The molecule has 5 heteroatoms. The molecule has 0 atom stereocenters. The number of carbonyl (C=O) groups is 2. The largest absolute Gasteiger partial charge is 0.343 e. The number of benzene rings is 2. The van der Waals surface area contributed by atoms with Crippen LogP contribution in [0.3, 0.4) is 0 Å². The standard InChI is InChI=1S/C17H19N3O2/c1-17(2,3)19-15(21)16(22)20-18-11-13-9-6-8-12-7-4-5-10-14(12)13/h4-11H,1-3H3,(H,19,21)(H,20,22)/b18-11+. The van der Waals surface area contributed by atoms with Crippen LogP contribution < -0.4 is 10.7 Å². The van der Waals surface area contributed by atoms with E-state index in [0.717, 1.165) is 16.3 Å². The SMILES string of the molecule is CC(C)(C)NC(=O)C(=O)N/N=C/c1cccc2ccccc12. The molecule has 22 heavy (non-hydrogen) atoms. The molecule has 2 N–H and O–H groups in total. The van der Waals surface area contributed by atoms with E-state index in [1.807, 2.05) is 42.5 Å². The fourth-order valence-corrected chi connectivity index (χ4v) is 1.97. The van der Waals surface area contributed by atoms with Crippen molar-refractivity contribution in [1.29, 1.82) is 0 Å². The third kappa shape index (κ3) is 4.15. The van der Waals surface area contributed by atoms with Gasteiger partial charge < -0.3 is 5.32 Å². The normalized spacial score (nSPS) is 11.6. The van der Waals surface area contributed by atoms with E-state index in [1.54, 1.807) is 20.8 Å². The van der Waals surface area contributed by atoms with E-state index < -0.39 is 17.4 Å². The smallest absolute Gasteiger partial charge is 0.329 e. The molecular weight excluding hydrogens is 278 g/mol. The van der Waals surface area contributed by atoms with Gasteiger partial charge in [-0.1, -0.05) is 42.5 Å². The Balaban J connectivity index is 2.06. The number of hydrogen-bond donors (Lipinski definition) is 2. The fourth-order valence-electron chi connectivity index (χ4n) is 1.97. The molecular formula is C17H19N3O2. The minimum atomic E-state index is -0.786. The van der Waals surface area contributed by atoms with Gasteiger partial charge in [-0.05, 0) is 31.5 Å². The summed E-state index contributed by atoms with van der Waals surface area (Å²) in [4.78, 5) is 23.3. The van der Waals surface area contributed by atoms with Crippen molar-refractivity contribution in [1.82, 2.24) is 10.7 Å². The van der Waals surface area contributed by atoms with Gasteiger partial charge in [-0.25, -0.2) is 5.43 Å². The van der Waals surface area contributed by atoms with Crippen LogP contribution in [-0.2, 0) is 9.59 Å². The average Bonchev–Trinajstić information content (AvgIpc) is 2.45. The van der Waals surface area contributed by atoms with Gasteiger partial charge >= 0.3 is 11.8 Å². The Kier molecular flexibility index (Phi) is 4.56. The topological polar surface area (TPSA) is 70.6 Å². The van der Waals surface area contributed by atoms with Crippen molar-refractivity contribution >= 4 is 28.8 Å². The maximum absolute atomic E-state index is 11.6. The molecule has 0 saturated carbocycles. The van der Waals surface area contributed by atoms with E-state index in [9.17, 15) is 9.59 Å². The molecule has 0 radical (unpaired) electrons. The maximum Gasteiger partial charge on any atom is 0.329 e. The zero-order valence-electron chi connectivity index (χ0n) is 12.9. The van der Waals surface area contributed by atoms with E-state index in [0.29, 0.717) is 0 Å². The summed E-state index contributed by atoms with van der Waals surface area (Å²) in [6.07, 6.45) is 1.53. The predicted octanol–water partition coefficient (Wildman–Crippen LogP) is 2.20. The van der Waals surface area contributed by atoms with Crippen LogP contribution in [0.4, 0.5) is 0 Å². The van der Waals surface area contributed by atoms with E-state index in [1.165, 1.54) is 6.21 Å². The highest BCUT2D eigenvalue weighted by atomic mass is 16.2. The van der Waals surface area contributed by atoms with Gasteiger partial charge in [0.2, 0.25) is 0 Å². The number of amides is 2. The van der Waals surface area contributed by atoms with Gasteiger partial charge in [0.05, 0.1) is 6.21 Å². The lowest BCUT2D eigenvalue weighted by Gasteiger charge is -2.19. The summed E-state index contributed by atoms with van der Waals surface area (Å²) < 4.78 is 0. The van der Waals surface area contributed by atoms with Gasteiger partial charge in [-0.15, -0.1) is 0 Å². The molecule has 5 nitrogen and oxygen atoms in total. The maximum atomic E-state index is 11.6. The van der Waals surface area contributed by atoms with Gasteiger partial charge in [0.15, 0.2) is 0 Å². The van der Waals surface area contributed by atoms with E-state index in [2.05, 4.69) is 15.8 Å². The highest BCUT2D eigenvalue weighted by molar-refractivity contribution is 6.35. The van der Waals surface area contributed by atoms with Crippen molar-refractivity contribution in [2.24, 2.45) is 5.10 Å². The predicted molar refractivity (Wildman–Crippen MR) is 87.6 cm³/mol. The minimum absolute atomic E-state index is 0.465. The monoisotopic (exact) mass is 297 g/mol. The third-order valence-corrected chi connectivity index (χ3v) is 2.89. The summed E-state index contributed by atoms with van der Waals surface area (Å²) in [5, 5.41) is 8.55. The zero-order valence-corrected chi connectivity index (χ0v) is 12.9. The summed E-state index contributed by atoms with van der Waals surface area (Å²) in [7, 11) is 0. The zero-order chi connectivity index (χ0) is 16.2. The number of nitrogens with zero attached hydrogens (tertiary/aromatic N) is 1. The van der Waals surface area contributed by atoms with Crippen molar-refractivity contribution in [3.8, 4) is 0 Å². The van der Waals surface area contributed by atoms with E-state index in [-0.39, 0.29) is 0 Å². The van der Waals surface area contributed by atoms with Crippen molar-refractivity contribution < 1.29 is 9.59 Å². The van der Waals surface area contributed by atoms with E-state index >= 15 is 0 Å². The number of hydrazone groups is 1. The first-order valence-corrected chi connectivity index (χ1v) is 7.00. The third-order valence-electron chi connectivity index (χ3n) is 2.89. The number of fused-ring (bicyclic) bond motifs is 1. The first-order chi connectivity index (χ1) is 10.4. The van der Waals surface area contributed by atoms with Gasteiger partial charge in [0.25, 0.3) is 0 Å². The molecule has 2 aromatic rings. The fraction of sp³-hybridized carbons (Fsp3) is 0.235. The lowest BCUT2D eigenvalue weighted by atomic mass is 10.1. The lowest BCUT2D eigenvalue weighted by molar-refractivity contribution is -0.140. The van der Waals surface area contributed by atoms with Crippen LogP contribution in [0.1, 0.15) is 26.3 Å². The van der Waals surface area contributed by atoms with Crippen molar-refractivity contribution in [2.45, 2.75) is 26.3 Å². The van der Waals surface area contributed by atoms with Crippen LogP contribution in [-0.4, -0.2) is 23.6 Å². The highest BCUT2D eigenvalue weighted by Crippen LogP contribution is 2.16. The molecule has 114 valence electrons. The van der Waals surface area contributed by atoms with E-state index in [4.69, 9.17) is 0 Å². The van der Waals surface area contributed by atoms with Crippen molar-refractivity contribution in [2.75, 3.05) is 0 Å². The Morgan fingerprint density at radius 3 is 2.41 bits per heavy atom. The number of hydrogen-bond acceptors (Lipinski definition) is 3. The van der Waals surface area contributed by atoms with Crippen LogP contribution in [0, 0.1) is 0 Å². The molecule has 0 spiro atoms. The molecule has 0 aliphatic carbocycles. The minimum Gasteiger partial charge on any atom is -0.343 e. The molecule has 0 saturated heterocycles. The molecule has 2 aromatic carbocycles. The Morgan fingerprint density at radius 2 is 1.68 bits per heavy atom. The Bertz CT molecular complexity index is 725. The first-order valence-electron chi connectivity index (χ1n) is 7.00. The Hall–Kier alpha value is -2.69. The van der Waals surface area contributed by atoms with Gasteiger partial charge in [0.1, 0.15) is 0 Å². The summed E-state index contributed by atoms with van der Waals surface area (Å²) in [5.41, 5.74) is 2.64. The quantitative estimate of drug-likeness (QED) is 0.507. The Labute approximate surface area is 129 Å². The second-order valence-electron chi connectivity index (χ2n) is 5.97. The molecule has 0 aliphatic heterocycles. The second-order valence-corrected chi connectivity index (χ2v) is 5.97. The highest BCUT2D eigenvalue weighted by Gasteiger charge is 2.19. The molecule has 2 amide bonds. The Morgan fingerprint density at radius 1 is 1.00 bits per heavy atom. The first kappa shape index (κ1) is 15.7. The van der Waals surface area contributed by atoms with Crippen molar-refractivity contribution in [3.05, 3.63) is 48.0 Å².